The molecule has 0 spiro atoms. The molecule has 8 heteroatoms. The molecule has 1 atom stereocenters. The van der Waals surface area contributed by atoms with Gasteiger partial charge in [-0.05, 0) is 42.8 Å². The highest BCUT2D eigenvalue weighted by molar-refractivity contribution is 6.04. The minimum Gasteiger partial charge on any atom is -0.350 e. The summed E-state index contributed by atoms with van der Waals surface area (Å²) in [5, 5.41) is 9.48. The van der Waals surface area contributed by atoms with E-state index in [0.717, 1.165) is 5.56 Å². The lowest BCUT2D eigenvalue weighted by Crippen LogP contribution is -2.30. The molecular weight excluding hydrogens is 349 g/mol. The average molecular weight is 367 g/mol. The van der Waals surface area contributed by atoms with Gasteiger partial charge in [-0.2, -0.15) is 5.10 Å². The molecule has 0 aliphatic heterocycles. The minimum absolute atomic E-state index is 0.199. The molecule has 7 nitrogen and oxygen atoms in total. The smallest absolute Gasteiger partial charge is 0.255 e. The van der Waals surface area contributed by atoms with E-state index in [9.17, 15) is 14.0 Å². The van der Waals surface area contributed by atoms with Crippen LogP contribution in [0.15, 0.2) is 61.2 Å². The summed E-state index contributed by atoms with van der Waals surface area (Å²) in [6.07, 6.45) is 2.85. The van der Waals surface area contributed by atoms with Crippen LogP contribution in [0.4, 0.5) is 10.1 Å². The largest absolute Gasteiger partial charge is 0.350 e. The maximum absolute atomic E-state index is 13.2. The van der Waals surface area contributed by atoms with Crippen molar-refractivity contribution in [2.75, 3.05) is 5.32 Å². The summed E-state index contributed by atoms with van der Waals surface area (Å²) < 4.78 is 14.7. The molecule has 3 rings (SSSR count). The molecule has 3 aromatic rings. The zero-order chi connectivity index (χ0) is 19.2. The molecule has 0 radical (unpaired) electrons. The molecule has 0 aliphatic rings. The highest BCUT2D eigenvalue weighted by atomic mass is 19.1. The molecule has 2 amide bonds. The second kappa shape index (κ2) is 8.22. The Kier molecular flexibility index (Phi) is 5.55. The van der Waals surface area contributed by atoms with Crippen LogP contribution in [-0.4, -0.2) is 26.6 Å². The van der Waals surface area contributed by atoms with Gasteiger partial charge < -0.3 is 10.6 Å². The summed E-state index contributed by atoms with van der Waals surface area (Å²) >= 11 is 0. The molecule has 138 valence electrons. The lowest BCUT2D eigenvalue weighted by Gasteiger charge is -2.13. The minimum atomic E-state index is -0.483. The third-order valence-electron chi connectivity index (χ3n) is 3.95. The van der Waals surface area contributed by atoms with E-state index in [-0.39, 0.29) is 11.5 Å². The van der Waals surface area contributed by atoms with E-state index < -0.39 is 17.8 Å². The molecule has 1 aromatic heterocycles. The Bertz CT molecular complexity index is 943. The predicted octanol–water partition coefficient (Wildman–Crippen LogP) is 2.55. The molecule has 27 heavy (non-hydrogen) atoms. The van der Waals surface area contributed by atoms with Gasteiger partial charge in [0.05, 0.1) is 0 Å². The first-order valence-corrected chi connectivity index (χ1v) is 8.30. The summed E-state index contributed by atoms with van der Waals surface area (Å²) in [5.74, 6) is -1.08. The zero-order valence-corrected chi connectivity index (χ0v) is 14.6. The van der Waals surface area contributed by atoms with Crippen molar-refractivity contribution in [2.24, 2.45) is 0 Å². The van der Waals surface area contributed by atoms with Gasteiger partial charge in [-0.1, -0.05) is 18.2 Å². The number of benzene rings is 2. The molecule has 0 fully saturated rings. The van der Waals surface area contributed by atoms with Gasteiger partial charge in [0.2, 0.25) is 5.91 Å². The number of aromatic nitrogens is 3. The molecule has 0 aliphatic carbocycles. The van der Waals surface area contributed by atoms with Crippen molar-refractivity contribution >= 4 is 17.5 Å². The van der Waals surface area contributed by atoms with Crippen LogP contribution in [0.1, 0.15) is 28.9 Å². The maximum Gasteiger partial charge on any atom is 0.255 e. The van der Waals surface area contributed by atoms with Crippen LogP contribution in [-0.2, 0) is 11.3 Å². The highest BCUT2D eigenvalue weighted by Crippen LogP contribution is 2.13. The summed E-state index contributed by atoms with van der Waals surface area (Å²) in [5.41, 5.74) is 1.60. The molecule has 0 saturated carbocycles. The first-order chi connectivity index (χ1) is 13.0. The Morgan fingerprint density at radius 2 is 2.00 bits per heavy atom. The van der Waals surface area contributed by atoms with E-state index in [1.165, 1.54) is 41.6 Å². The van der Waals surface area contributed by atoms with Crippen LogP contribution in [0.25, 0.3) is 0 Å². The number of carbonyl (C=O) groups is 2. The lowest BCUT2D eigenvalue weighted by atomic mass is 10.1. The highest BCUT2D eigenvalue weighted by Gasteiger charge is 2.15. The summed E-state index contributed by atoms with van der Waals surface area (Å²) in [7, 11) is 0. The van der Waals surface area contributed by atoms with Crippen molar-refractivity contribution in [2.45, 2.75) is 19.5 Å². The first kappa shape index (κ1) is 18.2. The van der Waals surface area contributed by atoms with E-state index in [1.807, 2.05) is 6.07 Å². The maximum atomic E-state index is 13.2. The predicted molar refractivity (Wildman–Crippen MR) is 97.4 cm³/mol. The van der Waals surface area contributed by atoms with Gasteiger partial charge in [-0.15, -0.1) is 0 Å². The van der Waals surface area contributed by atoms with Crippen LogP contribution in [0.3, 0.4) is 0 Å². The Hall–Kier alpha value is -3.55. The fraction of sp³-hybridized carbons (Fsp3) is 0.158. The fourth-order valence-electron chi connectivity index (χ4n) is 2.47. The van der Waals surface area contributed by atoms with Gasteiger partial charge in [-0.25, -0.2) is 14.1 Å². The molecule has 1 heterocycles. The van der Waals surface area contributed by atoms with Gasteiger partial charge in [0, 0.05) is 17.8 Å². The number of nitrogens with one attached hydrogen (secondary N) is 2. The van der Waals surface area contributed by atoms with E-state index in [0.29, 0.717) is 12.2 Å². The normalized spacial score (nSPS) is 11.6. The lowest BCUT2D eigenvalue weighted by molar-refractivity contribution is -0.124. The molecule has 2 N–H and O–H groups in total. The first-order valence-electron chi connectivity index (χ1n) is 8.30. The SMILES string of the molecule is CC(C(=O)NCc1cccc(NC(=O)c2cccc(F)c2)c1)n1cncn1. The number of hydrogen-bond acceptors (Lipinski definition) is 4. The quantitative estimate of drug-likeness (QED) is 0.701. The van der Waals surface area contributed by atoms with Crippen LogP contribution in [0.2, 0.25) is 0 Å². The molecule has 1 unspecified atom stereocenters. The van der Waals surface area contributed by atoms with E-state index in [1.54, 1.807) is 25.1 Å². The number of nitrogens with zero attached hydrogens (tertiary/aromatic N) is 3. The van der Waals surface area contributed by atoms with Gasteiger partial charge in [-0.3, -0.25) is 9.59 Å². The number of amides is 2. The molecular formula is C19H18FN5O2. The second-order valence-electron chi connectivity index (χ2n) is 5.93. The van der Waals surface area contributed by atoms with Crippen molar-refractivity contribution in [1.29, 1.82) is 0 Å². The van der Waals surface area contributed by atoms with Crippen LogP contribution in [0.5, 0.6) is 0 Å². The van der Waals surface area contributed by atoms with Crippen molar-refractivity contribution < 1.29 is 14.0 Å². The van der Waals surface area contributed by atoms with Gasteiger partial charge in [0.15, 0.2) is 0 Å². The monoisotopic (exact) mass is 367 g/mol. The molecule has 0 bridgehead atoms. The third-order valence-corrected chi connectivity index (χ3v) is 3.95. The van der Waals surface area contributed by atoms with Gasteiger partial charge >= 0.3 is 0 Å². The number of hydrogen-bond donors (Lipinski definition) is 2. The third kappa shape index (κ3) is 4.75. The van der Waals surface area contributed by atoms with Crippen LogP contribution >= 0.6 is 0 Å². The molecule has 0 saturated heterocycles. The van der Waals surface area contributed by atoms with Crippen molar-refractivity contribution in [3.05, 3.63) is 78.1 Å². The number of halogens is 1. The van der Waals surface area contributed by atoms with E-state index >= 15 is 0 Å². The van der Waals surface area contributed by atoms with Crippen molar-refractivity contribution in [3.63, 3.8) is 0 Å². The Labute approximate surface area is 155 Å². The summed E-state index contributed by atoms with van der Waals surface area (Å²) in [6.45, 7) is 2.02. The van der Waals surface area contributed by atoms with Crippen LogP contribution < -0.4 is 10.6 Å². The Morgan fingerprint density at radius 1 is 1.19 bits per heavy atom. The number of rotatable bonds is 6. The van der Waals surface area contributed by atoms with E-state index in [2.05, 4.69) is 20.7 Å². The summed E-state index contributed by atoms with van der Waals surface area (Å²) in [4.78, 5) is 28.2. The Morgan fingerprint density at radius 3 is 2.74 bits per heavy atom. The topological polar surface area (TPSA) is 88.9 Å². The van der Waals surface area contributed by atoms with Crippen molar-refractivity contribution in [3.8, 4) is 0 Å². The fourth-order valence-corrected chi connectivity index (χ4v) is 2.47. The van der Waals surface area contributed by atoms with Gasteiger partial charge in [0.25, 0.3) is 5.91 Å². The van der Waals surface area contributed by atoms with E-state index in [4.69, 9.17) is 0 Å². The standard InChI is InChI=1S/C19H18FN5O2/c1-13(25-12-21-11-23-25)18(26)22-10-14-4-2-7-17(8-14)24-19(27)15-5-3-6-16(20)9-15/h2-9,11-13H,10H2,1H3,(H,22,26)(H,24,27). The van der Waals surface area contributed by atoms with Crippen molar-refractivity contribution in [1.82, 2.24) is 20.1 Å². The zero-order valence-electron chi connectivity index (χ0n) is 14.6. The Balaban J connectivity index is 1.60. The van der Waals surface area contributed by atoms with Crippen LogP contribution in [0, 0.1) is 5.82 Å². The second-order valence-corrected chi connectivity index (χ2v) is 5.93. The number of carbonyl (C=O) groups excluding carboxylic acids is 2. The average Bonchev–Trinajstić information content (AvgIpc) is 3.20. The molecule has 2 aromatic carbocycles. The summed E-state index contributed by atoms with van der Waals surface area (Å²) in [6, 6.07) is 12.1. The van der Waals surface area contributed by atoms with Gasteiger partial charge in [0.1, 0.15) is 24.5 Å². The number of anilines is 1.